The van der Waals surface area contributed by atoms with E-state index in [0.717, 1.165) is 11.0 Å². The molecule has 1 aliphatic rings. The molecule has 1 heterocycles. The normalized spacial score (nSPS) is 21.2. The minimum Gasteiger partial charge on any atom is -0.489 e. The Balaban J connectivity index is 1.79. The zero-order chi connectivity index (χ0) is 23.7. The Morgan fingerprint density at radius 2 is 1.91 bits per heavy atom. The molecule has 0 aliphatic carbocycles. The number of nitrogens with zero attached hydrogens (tertiary/aromatic N) is 1. The largest absolute Gasteiger partial charge is 0.489 e. The molecule has 1 saturated heterocycles. The lowest BCUT2D eigenvalue weighted by Gasteiger charge is -2.41. The first kappa shape index (κ1) is 23.8. The molecule has 0 saturated carbocycles. The predicted octanol–water partition coefficient (Wildman–Crippen LogP) is 1.77. The van der Waals surface area contributed by atoms with Crippen LogP contribution in [0.4, 0.5) is 9.18 Å². The smallest absolute Gasteiger partial charge is 0.326 e. The van der Waals surface area contributed by atoms with Gasteiger partial charge in [-0.1, -0.05) is 17.7 Å². The Kier molecular flexibility index (Phi) is 6.63. The van der Waals surface area contributed by atoms with E-state index >= 15 is 0 Å². The number of piperidine rings is 1. The first-order valence-electron chi connectivity index (χ1n) is 9.42. The highest BCUT2D eigenvalue weighted by molar-refractivity contribution is 7.92. The third-order valence-electron chi connectivity index (χ3n) is 5.33. The molecule has 2 atom stereocenters. The number of amides is 2. The van der Waals surface area contributed by atoms with Gasteiger partial charge in [0, 0.05) is 12.1 Å². The number of likely N-dealkylation sites (tertiary alicyclic amines) is 1. The van der Waals surface area contributed by atoms with Crippen LogP contribution in [-0.4, -0.2) is 54.3 Å². The van der Waals surface area contributed by atoms with Gasteiger partial charge in [-0.15, -0.1) is 0 Å². The van der Waals surface area contributed by atoms with Gasteiger partial charge in [-0.05, 0) is 42.8 Å². The van der Waals surface area contributed by atoms with Crippen molar-refractivity contribution in [1.29, 1.82) is 0 Å². The second-order valence-electron chi connectivity index (χ2n) is 7.42. The summed E-state index contributed by atoms with van der Waals surface area (Å²) in [5.41, 5.74) is 9.50. The summed E-state index contributed by atoms with van der Waals surface area (Å²) in [5, 5.41) is 8.35. The van der Waals surface area contributed by atoms with Gasteiger partial charge >= 0.3 is 12.0 Å². The molecule has 172 valence electrons. The first-order valence-corrected chi connectivity index (χ1v) is 11.3. The van der Waals surface area contributed by atoms with E-state index in [1.807, 2.05) is 0 Å². The number of hydrogen-bond acceptors (Lipinski definition) is 6. The molecule has 5 N–H and O–H groups in total. The zero-order valence-electron chi connectivity index (χ0n) is 16.7. The molecular formula is C20H21ClFN3O6S. The molecule has 1 fully saturated rings. The van der Waals surface area contributed by atoms with Crippen molar-refractivity contribution < 1.29 is 32.2 Å². The number of primary amides is 1. The van der Waals surface area contributed by atoms with Crippen molar-refractivity contribution in [3.05, 3.63) is 58.9 Å². The summed E-state index contributed by atoms with van der Waals surface area (Å²) < 4.78 is 45.1. The summed E-state index contributed by atoms with van der Waals surface area (Å²) in [5.74, 6) is -1.70. The van der Waals surface area contributed by atoms with Crippen molar-refractivity contribution in [3.63, 3.8) is 0 Å². The fourth-order valence-corrected chi connectivity index (χ4v) is 5.75. The van der Waals surface area contributed by atoms with Gasteiger partial charge in [-0.2, -0.15) is 0 Å². The van der Waals surface area contributed by atoms with Crippen LogP contribution in [0.3, 0.4) is 0 Å². The van der Waals surface area contributed by atoms with E-state index in [9.17, 15) is 27.5 Å². The van der Waals surface area contributed by atoms with Crippen LogP contribution >= 0.6 is 11.6 Å². The minimum atomic E-state index is -4.16. The molecule has 12 heteroatoms. The fourth-order valence-electron chi connectivity index (χ4n) is 3.54. The van der Waals surface area contributed by atoms with Crippen LogP contribution in [0.2, 0.25) is 5.02 Å². The molecule has 2 aromatic rings. The topological polar surface area (TPSA) is 153 Å². The maximum Gasteiger partial charge on any atom is 0.326 e. The maximum absolute atomic E-state index is 13.2. The van der Waals surface area contributed by atoms with E-state index in [-0.39, 0.29) is 29.5 Å². The number of carboxylic acids is 1. The number of benzene rings is 2. The van der Waals surface area contributed by atoms with Gasteiger partial charge in [-0.25, -0.2) is 17.6 Å². The number of sulfone groups is 1. The molecule has 0 spiro atoms. The van der Waals surface area contributed by atoms with E-state index in [0.29, 0.717) is 11.3 Å². The van der Waals surface area contributed by atoms with Crippen molar-refractivity contribution in [2.75, 3.05) is 13.1 Å². The summed E-state index contributed by atoms with van der Waals surface area (Å²) in [6.07, 6.45) is -0.185. The number of hydrogen-bond donors (Lipinski definition) is 3. The lowest BCUT2D eigenvalue weighted by atomic mass is 9.89. The minimum absolute atomic E-state index is 0.0295. The third-order valence-corrected chi connectivity index (χ3v) is 8.02. The Morgan fingerprint density at radius 1 is 1.25 bits per heavy atom. The quantitative estimate of drug-likeness (QED) is 0.563. The second kappa shape index (κ2) is 8.93. The van der Waals surface area contributed by atoms with Crippen LogP contribution in [0.1, 0.15) is 12.0 Å². The van der Waals surface area contributed by atoms with Gasteiger partial charge in [0.05, 0.1) is 21.7 Å². The SMILES string of the molecule is NC(=O)N1CCC(S(=O)(=O)c2ccc(OCc3ccc(F)cc3Cl)cc2)C(N)(C(=O)O)C1. The Bertz CT molecular complexity index is 1140. The predicted molar refractivity (Wildman–Crippen MR) is 113 cm³/mol. The average Bonchev–Trinajstić information content (AvgIpc) is 2.73. The summed E-state index contributed by atoms with van der Waals surface area (Å²) in [6, 6.07) is 8.36. The second-order valence-corrected chi connectivity index (χ2v) is 9.96. The summed E-state index contributed by atoms with van der Waals surface area (Å²) in [4.78, 5) is 24.1. The van der Waals surface area contributed by atoms with Crippen molar-refractivity contribution >= 4 is 33.4 Å². The van der Waals surface area contributed by atoms with Crippen LogP contribution in [-0.2, 0) is 21.2 Å². The van der Waals surface area contributed by atoms with Crippen LogP contribution in [0.5, 0.6) is 5.75 Å². The molecule has 9 nitrogen and oxygen atoms in total. The van der Waals surface area contributed by atoms with E-state index < -0.39 is 45.0 Å². The molecule has 1 aliphatic heterocycles. The Labute approximate surface area is 188 Å². The van der Waals surface area contributed by atoms with Crippen LogP contribution in [0, 0.1) is 5.82 Å². The number of carboxylic acid groups (broad SMARTS) is 1. The fraction of sp³-hybridized carbons (Fsp3) is 0.300. The van der Waals surface area contributed by atoms with Gasteiger partial charge < -0.3 is 26.2 Å². The highest BCUT2D eigenvalue weighted by atomic mass is 35.5. The molecule has 0 bridgehead atoms. The van der Waals surface area contributed by atoms with Gasteiger partial charge in [0.25, 0.3) is 0 Å². The van der Waals surface area contributed by atoms with Crippen LogP contribution in [0.15, 0.2) is 47.4 Å². The number of carbonyl (C=O) groups excluding carboxylic acids is 1. The number of rotatable bonds is 6. The lowest BCUT2D eigenvalue weighted by Crippen LogP contribution is -2.69. The van der Waals surface area contributed by atoms with Crippen molar-refractivity contribution in [1.82, 2.24) is 4.90 Å². The van der Waals surface area contributed by atoms with Gasteiger partial charge in [-0.3, -0.25) is 4.79 Å². The Hall–Kier alpha value is -2.89. The van der Waals surface area contributed by atoms with Crippen molar-refractivity contribution in [2.24, 2.45) is 11.5 Å². The molecule has 2 aromatic carbocycles. The highest BCUT2D eigenvalue weighted by Crippen LogP contribution is 2.31. The van der Waals surface area contributed by atoms with E-state index in [2.05, 4.69) is 0 Å². The molecule has 0 radical (unpaired) electrons. The van der Waals surface area contributed by atoms with Crippen LogP contribution < -0.4 is 16.2 Å². The summed E-state index contributed by atoms with van der Waals surface area (Å²) >= 11 is 5.96. The number of nitrogens with two attached hydrogens (primary N) is 2. The molecular weight excluding hydrogens is 465 g/mol. The average molecular weight is 486 g/mol. The molecule has 2 unspecified atom stereocenters. The van der Waals surface area contributed by atoms with E-state index in [1.165, 1.54) is 36.4 Å². The van der Waals surface area contributed by atoms with Gasteiger partial charge in [0.15, 0.2) is 9.84 Å². The number of halogens is 2. The number of ether oxygens (including phenoxy) is 1. The number of carbonyl (C=O) groups is 2. The first-order chi connectivity index (χ1) is 14.9. The molecule has 3 rings (SSSR count). The number of urea groups is 1. The maximum atomic E-state index is 13.2. The zero-order valence-corrected chi connectivity index (χ0v) is 18.3. The molecule has 2 amide bonds. The Morgan fingerprint density at radius 3 is 2.47 bits per heavy atom. The van der Waals surface area contributed by atoms with Crippen molar-refractivity contribution in [2.45, 2.75) is 28.7 Å². The van der Waals surface area contributed by atoms with Gasteiger partial charge in [0.1, 0.15) is 23.7 Å². The summed E-state index contributed by atoms with van der Waals surface area (Å²) in [7, 11) is -4.16. The molecule has 32 heavy (non-hydrogen) atoms. The monoisotopic (exact) mass is 485 g/mol. The van der Waals surface area contributed by atoms with E-state index in [1.54, 1.807) is 0 Å². The number of aliphatic carboxylic acids is 1. The standard InChI is InChI=1S/C20H21ClFN3O6S/c21-16-9-13(22)2-1-12(16)10-31-14-3-5-15(6-4-14)32(29,30)17-7-8-25(19(23)28)11-20(17,24)18(26)27/h1-6,9,17H,7-8,10-11,24H2,(H2,23,28)(H,26,27). The molecule has 0 aromatic heterocycles. The van der Waals surface area contributed by atoms with Crippen LogP contribution in [0.25, 0.3) is 0 Å². The lowest BCUT2D eigenvalue weighted by molar-refractivity contribution is -0.144. The van der Waals surface area contributed by atoms with Crippen molar-refractivity contribution in [3.8, 4) is 5.75 Å². The van der Waals surface area contributed by atoms with Gasteiger partial charge in [0.2, 0.25) is 0 Å². The summed E-state index contributed by atoms with van der Waals surface area (Å²) in [6.45, 7) is -0.534. The third kappa shape index (κ3) is 4.64. The highest BCUT2D eigenvalue weighted by Gasteiger charge is 2.53. The van der Waals surface area contributed by atoms with E-state index in [4.69, 9.17) is 27.8 Å².